The highest BCUT2D eigenvalue weighted by atomic mass is 16.5. The molecule has 0 aliphatic carbocycles. The molecule has 0 saturated heterocycles. The third kappa shape index (κ3) is 2.34. The lowest BCUT2D eigenvalue weighted by atomic mass is 9.94. The SMILES string of the molecule is COCCC1(C)CC(=O)C=CO1. The van der Waals surface area contributed by atoms with Crippen LogP contribution < -0.4 is 0 Å². The number of carbonyl (C=O) groups excluding carboxylic acids is 1. The highest BCUT2D eigenvalue weighted by Gasteiger charge is 2.29. The van der Waals surface area contributed by atoms with Crippen molar-refractivity contribution < 1.29 is 14.3 Å². The van der Waals surface area contributed by atoms with Gasteiger partial charge < -0.3 is 9.47 Å². The maximum atomic E-state index is 11.0. The second-order valence-electron chi connectivity index (χ2n) is 3.26. The summed E-state index contributed by atoms with van der Waals surface area (Å²) in [6, 6.07) is 0. The van der Waals surface area contributed by atoms with Crippen LogP contribution in [0.4, 0.5) is 0 Å². The van der Waals surface area contributed by atoms with E-state index in [-0.39, 0.29) is 11.4 Å². The number of allylic oxidation sites excluding steroid dienone is 1. The van der Waals surface area contributed by atoms with Crippen molar-refractivity contribution in [3.8, 4) is 0 Å². The number of ketones is 1. The first-order valence-electron chi connectivity index (χ1n) is 4.02. The quantitative estimate of drug-likeness (QED) is 0.640. The molecule has 0 radical (unpaired) electrons. The summed E-state index contributed by atoms with van der Waals surface area (Å²) in [5.41, 5.74) is -0.359. The minimum absolute atomic E-state index is 0.125. The first-order valence-corrected chi connectivity index (χ1v) is 4.02. The standard InChI is InChI=1S/C9H14O3/c1-9(4-6-11-2)7-8(10)3-5-12-9/h3,5H,4,6-7H2,1-2H3. The predicted octanol–water partition coefficient (Wildman–Crippen LogP) is 1.28. The molecule has 0 fully saturated rings. The Morgan fingerprint density at radius 3 is 3.08 bits per heavy atom. The molecule has 0 aromatic rings. The second kappa shape index (κ2) is 3.72. The average Bonchev–Trinajstić information content (AvgIpc) is 2.01. The average molecular weight is 170 g/mol. The van der Waals surface area contributed by atoms with Crippen LogP contribution in [0.3, 0.4) is 0 Å². The minimum Gasteiger partial charge on any atom is -0.494 e. The van der Waals surface area contributed by atoms with Crippen LogP contribution in [-0.2, 0) is 14.3 Å². The lowest BCUT2D eigenvalue weighted by molar-refractivity contribution is -0.122. The number of methoxy groups -OCH3 is 1. The van der Waals surface area contributed by atoms with E-state index in [9.17, 15) is 4.79 Å². The zero-order chi connectivity index (χ0) is 9.03. The van der Waals surface area contributed by atoms with Gasteiger partial charge in [-0.15, -0.1) is 0 Å². The fraction of sp³-hybridized carbons (Fsp3) is 0.667. The fourth-order valence-corrected chi connectivity index (χ4v) is 1.21. The Labute approximate surface area is 72.4 Å². The van der Waals surface area contributed by atoms with Gasteiger partial charge in [0.25, 0.3) is 0 Å². The van der Waals surface area contributed by atoms with Gasteiger partial charge >= 0.3 is 0 Å². The number of carbonyl (C=O) groups is 1. The van der Waals surface area contributed by atoms with E-state index in [1.165, 1.54) is 12.3 Å². The van der Waals surface area contributed by atoms with Gasteiger partial charge in [-0.3, -0.25) is 4.79 Å². The zero-order valence-corrected chi connectivity index (χ0v) is 7.50. The van der Waals surface area contributed by atoms with Crippen LogP contribution in [0, 0.1) is 0 Å². The van der Waals surface area contributed by atoms with Gasteiger partial charge in [0.2, 0.25) is 0 Å². The summed E-state index contributed by atoms with van der Waals surface area (Å²) < 4.78 is 10.3. The fourth-order valence-electron chi connectivity index (χ4n) is 1.21. The van der Waals surface area contributed by atoms with Crippen molar-refractivity contribution >= 4 is 5.78 Å². The molecule has 68 valence electrons. The molecule has 1 aliphatic rings. The number of hydrogen-bond donors (Lipinski definition) is 0. The van der Waals surface area contributed by atoms with Crippen molar-refractivity contribution in [3.05, 3.63) is 12.3 Å². The molecule has 1 rings (SSSR count). The summed E-state index contributed by atoms with van der Waals surface area (Å²) in [5, 5.41) is 0. The molecule has 0 aromatic carbocycles. The van der Waals surface area contributed by atoms with E-state index < -0.39 is 0 Å². The molecular formula is C9H14O3. The van der Waals surface area contributed by atoms with Crippen LogP contribution in [0.25, 0.3) is 0 Å². The number of ether oxygens (including phenoxy) is 2. The molecule has 12 heavy (non-hydrogen) atoms. The van der Waals surface area contributed by atoms with E-state index in [0.29, 0.717) is 13.0 Å². The van der Waals surface area contributed by atoms with E-state index in [1.807, 2.05) is 6.92 Å². The molecule has 0 N–H and O–H groups in total. The highest BCUT2D eigenvalue weighted by molar-refractivity contribution is 5.90. The minimum atomic E-state index is -0.359. The predicted molar refractivity (Wildman–Crippen MR) is 44.7 cm³/mol. The van der Waals surface area contributed by atoms with Gasteiger partial charge in [-0.25, -0.2) is 0 Å². The topological polar surface area (TPSA) is 35.5 Å². The Kier molecular flexibility index (Phi) is 2.87. The summed E-state index contributed by atoms with van der Waals surface area (Å²) in [4.78, 5) is 11.0. The van der Waals surface area contributed by atoms with Crippen molar-refractivity contribution in [2.45, 2.75) is 25.4 Å². The molecular weight excluding hydrogens is 156 g/mol. The maximum absolute atomic E-state index is 11.0. The van der Waals surface area contributed by atoms with Crippen LogP contribution in [0.1, 0.15) is 19.8 Å². The smallest absolute Gasteiger partial charge is 0.162 e. The van der Waals surface area contributed by atoms with E-state index >= 15 is 0 Å². The van der Waals surface area contributed by atoms with Gasteiger partial charge in [0.05, 0.1) is 12.7 Å². The van der Waals surface area contributed by atoms with Gasteiger partial charge in [-0.05, 0) is 6.92 Å². The van der Waals surface area contributed by atoms with E-state index in [1.54, 1.807) is 7.11 Å². The zero-order valence-electron chi connectivity index (χ0n) is 7.50. The Morgan fingerprint density at radius 2 is 2.50 bits per heavy atom. The first kappa shape index (κ1) is 9.26. The molecule has 0 amide bonds. The molecule has 1 atom stereocenters. The van der Waals surface area contributed by atoms with Gasteiger partial charge in [0, 0.05) is 26.2 Å². The Balaban J connectivity index is 2.48. The Hall–Kier alpha value is -0.830. The lowest BCUT2D eigenvalue weighted by Gasteiger charge is -2.30. The molecule has 1 heterocycles. The summed E-state index contributed by atoms with van der Waals surface area (Å²) in [5.74, 6) is 0.125. The summed E-state index contributed by atoms with van der Waals surface area (Å²) in [6.07, 6.45) is 4.14. The van der Waals surface area contributed by atoms with Crippen LogP contribution in [0.2, 0.25) is 0 Å². The molecule has 1 unspecified atom stereocenters. The third-order valence-corrected chi connectivity index (χ3v) is 1.99. The highest BCUT2D eigenvalue weighted by Crippen LogP contribution is 2.24. The molecule has 3 nitrogen and oxygen atoms in total. The molecule has 0 spiro atoms. The molecule has 3 heteroatoms. The van der Waals surface area contributed by atoms with Gasteiger partial charge in [-0.1, -0.05) is 0 Å². The van der Waals surface area contributed by atoms with Gasteiger partial charge in [0.1, 0.15) is 5.60 Å². The first-order chi connectivity index (χ1) is 5.66. The molecule has 1 aliphatic heterocycles. The van der Waals surface area contributed by atoms with E-state index in [2.05, 4.69) is 0 Å². The number of hydrogen-bond acceptors (Lipinski definition) is 3. The van der Waals surface area contributed by atoms with E-state index in [4.69, 9.17) is 9.47 Å². The van der Waals surface area contributed by atoms with Crippen molar-refractivity contribution in [1.82, 2.24) is 0 Å². The molecule has 0 aromatic heterocycles. The Morgan fingerprint density at radius 1 is 1.75 bits per heavy atom. The summed E-state index contributed by atoms with van der Waals surface area (Å²) in [7, 11) is 1.64. The van der Waals surface area contributed by atoms with Crippen LogP contribution in [0.15, 0.2) is 12.3 Å². The van der Waals surface area contributed by atoms with Gasteiger partial charge in [-0.2, -0.15) is 0 Å². The van der Waals surface area contributed by atoms with Crippen LogP contribution in [0.5, 0.6) is 0 Å². The number of rotatable bonds is 3. The van der Waals surface area contributed by atoms with Crippen molar-refractivity contribution in [1.29, 1.82) is 0 Å². The summed E-state index contributed by atoms with van der Waals surface area (Å²) in [6.45, 7) is 2.55. The monoisotopic (exact) mass is 170 g/mol. The van der Waals surface area contributed by atoms with Crippen LogP contribution in [-0.4, -0.2) is 25.1 Å². The second-order valence-corrected chi connectivity index (χ2v) is 3.26. The van der Waals surface area contributed by atoms with Crippen molar-refractivity contribution in [2.24, 2.45) is 0 Å². The van der Waals surface area contributed by atoms with Gasteiger partial charge in [0.15, 0.2) is 5.78 Å². The van der Waals surface area contributed by atoms with Crippen LogP contribution >= 0.6 is 0 Å². The van der Waals surface area contributed by atoms with E-state index in [0.717, 1.165) is 6.42 Å². The molecule has 0 saturated carbocycles. The summed E-state index contributed by atoms with van der Waals surface area (Å²) >= 11 is 0. The Bertz CT molecular complexity index is 198. The third-order valence-electron chi connectivity index (χ3n) is 1.99. The largest absolute Gasteiger partial charge is 0.494 e. The normalized spacial score (nSPS) is 28.7. The lowest BCUT2D eigenvalue weighted by Crippen LogP contribution is -2.33. The maximum Gasteiger partial charge on any atom is 0.162 e. The molecule has 0 bridgehead atoms. The van der Waals surface area contributed by atoms with Crippen molar-refractivity contribution in [3.63, 3.8) is 0 Å². The van der Waals surface area contributed by atoms with Crippen molar-refractivity contribution in [2.75, 3.05) is 13.7 Å².